The van der Waals surface area contributed by atoms with Gasteiger partial charge in [0.15, 0.2) is 0 Å². The van der Waals surface area contributed by atoms with Gasteiger partial charge in [0, 0.05) is 19.0 Å². The highest BCUT2D eigenvalue weighted by Crippen LogP contribution is 2.25. The summed E-state index contributed by atoms with van der Waals surface area (Å²) in [6.45, 7) is 2.04. The Labute approximate surface area is 109 Å². The second-order valence-electron chi connectivity index (χ2n) is 4.02. The summed E-state index contributed by atoms with van der Waals surface area (Å²) >= 11 is 0. The number of carbonyl (C=O) groups excluding carboxylic acids is 1. The fourth-order valence-corrected chi connectivity index (χ4v) is 1.81. The van der Waals surface area contributed by atoms with Gasteiger partial charge in [-0.15, -0.1) is 12.4 Å². The molecule has 1 atom stereocenters. The Hall–Kier alpha value is -1.21. The third kappa shape index (κ3) is 3.17. The highest BCUT2D eigenvalue weighted by molar-refractivity contribution is 5.94. The molecule has 0 aromatic carbocycles. The number of hydrogen-bond acceptors (Lipinski definition) is 3. The van der Waals surface area contributed by atoms with Crippen molar-refractivity contribution in [2.45, 2.75) is 31.9 Å². The minimum atomic E-state index is -2.80. The topological polar surface area (TPSA) is 59.0 Å². The largest absolute Gasteiger partial charge is 0.310 e. The van der Waals surface area contributed by atoms with Crippen molar-refractivity contribution in [1.82, 2.24) is 15.1 Å². The van der Waals surface area contributed by atoms with Crippen molar-refractivity contribution in [1.29, 1.82) is 0 Å². The van der Waals surface area contributed by atoms with Gasteiger partial charge in [0.1, 0.15) is 5.82 Å². The van der Waals surface area contributed by atoms with E-state index in [2.05, 4.69) is 15.7 Å². The summed E-state index contributed by atoms with van der Waals surface area (Å²) in [4.78, 5) is 11.7. The average Bonchev–Trinajstić information content (AvgIpc) is 2.84. The molecule has 1 aromatic rings. The molecule has 18 heavy (non-hydrogen) atoms. The summed E-state index contributed by atoms with van der Waals surface area (Å²) in [7, 11) is 0. The predicted molar refractivity (Wildman–Crippen MR) is 65.1 cm³/mol. The number of aromatic nitrogens is 2. The summed E-state index contributed by atoms with van der Waals surface area (Å²) in [5, 5.41) is 9.07. The van der Waals surface area contributed by atoms with Crippen molar-refractivity contribution >= 4 is 24.1 Å². The van der Waals surface area contributed by atoms with Gasteiger partial charge in [-0.3, -0.25) is 10.1 Å². The normalized spacial score (nSPS) is 21.4. The molecule has 0 spiro atoms. The maximum absolute atomic E-state index is 12.9. The number of halogens is 3. The van der Waals surface area contributed by atoms with Crippen molar-refractivity contribution in [3.05, 3.63) is 12.3 Å². The van der Waals surface area contributed by atoms with Gasteiger partial charge >= 0.3 is 0 Å². The number of rotatable bonds is 3. The van der Waals surface area contributed by atoms with Gasteiger partial charge in [0.2, 0.25) is 5.91 Å². The molecule has 2 rings (SSSR count). The molecule has 1 saturated heterocycles. The smallest absolute Gasteiger partial charge is 0.262 e. The molecule has 0 saturated carbocycles. The molecule has 1 aliphatic heterocycles. The monoisotopic (exact) mass is 280 g/mol. The lowest BCUT2D eigenvalue weighted by atomic mass is 10.2. The van der Waals surface area contributed by atoms with Crippen LogP contribution in [-0.2, 0) is 11.3 Å². The van der Waals surface area contributed by atoms with Crippen molar-refractivity contribution in [3.63, 3.8) is 0 Å². The van der Waals surface area contributed by atoms with Gasteiger partial charge in [0.05, 0.1) is 18.8 Å². The van der Waals surface area contributed by atoms with Crippen LogP contribution < -0.4 is 10.6 Å². The van der Waals surface area contributed by atoms with Crippen LogP contribution in [0.5, 0.6) is 0 Å². The number of hydrogen-bond donors (Lipinski definition) is 2. The quantitative estimate of drug-likeness (QED) is 0.876. The number of alkyl halides is 2. The number of nitrogens with zero attached hydrogens (tertiary/aromatic N) is 2. The molecular weight excluding hydrogens is 266 g/mol. The standard InChI is InChI=1S/C10H14F2N4O.ClH/c1-2-16-8(3-4-14-16)15-9(17)7-5-10(11,12)6-13-7;/h3-4,7,13H,2,5-6H2,1H3,(H,15,17);1H. The Kier molecular flexibility index (Phi) is 4.64. The second-order valence-corrected chi connectivity index (χ2v) is 4.02. The highest BCUT2D eigenvalue weighted by atomic mass is 35.5. The number of carbonyl (C=O) groups is 1. The van der Waals surface area contributed by atoms with E-state index < -0.39 is 30.8 Å². The van der Waals surface area contributed by atoms with Crippen LogP contribution in [0.2, 0.25) is 0 Å². The van der Waals surface area contributed by atoms with E-state index in [-0.39, 0.29) is 12.4 Å². The third-order valence-electron chi connectivity index (χ3n) is 2.69. The summed E-state index contributed by atoms with van der Waals surface area (Å²) in [5.74, 6) is -2.72. The second kappa shape index (κ2) is 5.62. The van der Waals surface area contributed by atoms with Crippen molar-refractivity contribution in [3.8, 4) is 0 Å². The van der Waals surface area contributed by atoms with E-state index in [0.29, 0.717) is 12.4 Å². The van der Waals surface area contributed by atoms with E-state index in [1.54, 1.807) is 16.9 Å². The maximum Gasteiger partial charge on any atom is 0.262 e. The molecular formula is C10H15ClF2N4O. The minimum absolute atomic E-state index is 0. The molecule has 2 N–H and O–H groups in total. The number of aryl methyl sites for hydroxylation is 1. The Balaban J connectivity index is 0.00000162. The molecule has 102 valence electrons. The van der Waals surface area contributed by atoms with Gasteiger partial charge in [-0.05, 0) is 6.92 Å². The van der Waals surface area contributed by atoms with Crippen molar-refractivity contribution < 1.29 is 13.6 Å². The Morgan fingerprint density at radius 2 is 2.44 bits per heavy atom. The molecule has 0 radical (unpaired) electrons. The SMILES string of the molecule is CCn1nccc1NC(=O)C1CC(F)(F)CN1.Cl. The zero-order valence-electron chi connectivity index (χ0n) is 9.82. The van der Waals surface area contributed by atoms with Gasteiger partial charge in [-0.1, -0.05) is 0 Å². The number of anilines is 1. The van der Waals surface area contributed by atoms with E-state index in [4.69, 9.17) is 0 Å². The molecule has 2 heterocycles. The number of amides is 1. The third-order valence-corrected chi connectivity index (χ3v) is 2.69. The fraction of sp³-hybridized carbons (Fsp3) is 0.600. The van der Waals surface area contributed by atoms with Gasteiger partial charge in [0.25, 0.3) is 5.92 Å². The van der Waals surface area contributed by atoms with Crippen LogP contribution in [0.25, 0.3) is 0 Å². The average molecular weight is 281 g/mol. The van der Waals surface area contributed by atoms with E-state index in [0.717, 1.165) is 0 Å². The highest BCUT2D eigenvalue weighted by Gasteiger charge is 2.42. The Morgan fingerprint density at radius 3 is 3.00 bits per heavy atom. The van der Waals surface area contributed by atoms with Crippen molar-refractivity contribution in [2.24, 2.45) is 0 Å². The molecule has 0 bridgehead atoms. The van der Waals surface area contributed by atoms with Crippen LogP contribution in [-0.4, -0.2) is 34.2 Å². The summed E-state index contributed by atoms with van der Waals surface area (Å²) in [6, 6.07) is 0.791. The van der Waals surface area contributed by atoms with E-state index >= 15 is 0 Å². The molecule has 1 fully saturated rings. The first kappa shape index (κ1) is 14.8. The van der Waals surface area contributed by atoms with E-state index in [1.165, 1.54) is 0 Å². The molecule has 5 nitrogen and oxygen atoms in total. The maximum atomic E-state index is 12.9. The summed E-state index contributed by atoms with van der Waals surface area (Å²) in [5.41, 5.74) is 0. The molecule has 1 aromatic heterocycles. The Morgan fingerprint density at radius 1 is 1.72 bits per heavy atom. The van der Waals surface area contributed by atoms with Crippen LogP contribution >= 0.6 is 12.4 Å². The van der Waals surface area contributed by atoms with Gasteiger partial charge in [-0.2, -0.15) is 5.10 Å². The molecule has 1 unspecified atom stereocenters. The summed E-state index contributed by atoms with van der Waals surface area (Å²) in [6.07, 6.45) is 1.09. The van der Waals surface area contributed by atoms with Crippen LogP contribution in [0, 0.1) is 0 Å². The first-order valence-corrected chi connectivity index (χ1v) is 5.46. The van der Waals surface area contributed by atoms with Crippen LogP contribution in [0.15, 0.2) is 12.3 Å². The first-order valence-electron chi connectivity index (χ1n) is 5.46. The molecule has 1 amide bonds. The Bertz CT molecular complexity index is 424. The first-order chi connectivity index (χ1) is 8.02. The van der Waals surface area contributed by atoms with E-state index in [1.807, 2.05) is 6.92 Å². The lowest BCUT2D eigenvalue weighted by Crippen LogP contribution is -2.36. The lowest BCUT2D eigenvalue weighted by Gasteiger charge is -2.11. The number of nitrogens with one attached hydrogen (secondary N) is 2. The van der Waals surface area contributed by atoms with Crippen molar-refractivity contribution in [2.75, 3.05) is 11.9 Å². The fourth-order valence-electron chi connectivity index (χ4n) is 1.81. The predicted octanol–water partition coefficient (Wildman–Crippen LogP) is 1.26. The van der Waals surface area contributed by atoms with E-state index in [9.17, 15) is 13.6 Å². The summed E-state index contributed by atoms with van der Waals surface area (Å²) < 4.78 is 27.4. The molecule has 1 aliphatic rings. The van der Waals surface area contributed by atoms with Crippen LogP contribution in [0.1, 0.15) is 13.3 Å². The zero-order chi connectivity index (χ0) is 12.5. The minimum Gasteiger partial charge on any atom is -0.310 e. The molecule has 8 heteroatoms. The van der Waals surface area contributed by atoms with Crippen LogP contribution in [0.4, 0.5) is 14.6 Å². The zero-order valence-corrected chi connectivity index (χ0v) is 10.6. The lowest BCUT2D eigenvalue weighted by molar-refractivity contribution is -0.118. The van der Waals surface area contributed by atoms with Gasteiger partial charge in [-0.25, -0.2) is 13.5 Å². The van der Waals surface area contributed by atoms with Gasteiger partial charge < -0.3 is 5.32 Å². The molecule has 0 aliphatic carbocycles. The van der Waals surface area contributed by atoms with Crippen LogP contribution in [0.3, 0.4) is 0 Å².